The van der Waals surface area contributed by atoms with E-state index in [1.54, 1.807) is 0 Å². The van der Waals surface area contributed by atoms with Crippen molar-refractivity contribution in [1.82, 2.24) is 16.0 Å². The van der Waals surface area contributed by atoms with Crippen LogP contribution in [0.25, 0.3) is 0 Å². The van der Waals surface area contributed by atoms with Crippen LogP contribution in [0.5, 0.6) is 0 Å². The molecule has 0 aromatic heterocycles. The lowest BCUT2D eigenvalue weighted by molar-refractivity contribution is 0.232. The highest BCUT2D eigenvalue weighted by Crippen LogP contribution is 2.14. The summed E-state index contributed by atoms with van der Waals surface area (Å²) < 4.78 is 0. The molecule has 4 heteroatoms. The molecule has 0 heterocycles. The van der Waals surface area contributed by atoms with Gasteiger partial charge in [0.1, 0.15) is 0 Å². The molecule has 27 heavy (non-hydrogen) atoms. The third-order valence-corrected chi connectivity index (χ3v) is 5.89. The Morgan fingerprint density at radius 1 is 0.630 bits per heavy atom. The van der Waals surface area contributed by atoms with Crippen LogP contribution in [0.2, 0.25) is 0 Å². The van der Waals surface area contributed by atoms with Crippen molar-refractivity contribution in [3.63, 3.8) is 0 Å². The molecule has 4 nitrogen and oxygen atoms in total. The van der Waals surface area contributed by atoms with Gasteiger partial charge in [-0.15, -0.1) is 0 Å². The number of hydrogen-bond acceptors (Lipinski definition) is 4. The number of nitrogens with two attached hydrogens (primary N) is 1. The second-order valence-electron chi connectivity index (χ2n) is 8.39. The molecule has 0 radical (unpaired) electrons. The minimum Gasteiger partial charge on any atom is -0.314 e. The SMILES string of the molecule is CCCC(CC)NCCC(N)(CCNC(CC)CCC)NC(CC)CCC. The zero-order valence-corrected chi connectivity index (χ0v) is 19.5. The molecule has 0 aliphatic rings. The molecule has 0 amide bonds. The second kappa shape index (κ2) is 16.8. The van der Waals surface area contributed by atoms with Crippen molar-refractivity contribution >= 4 is 0 Å². The van der Waals surface area contributed by atoms with E-state index in [1.807, 2.05) is 0 Å². The Morgan fingerprint density at radius 2 is 1.00 bits per heavy atom. The fourth-order valence-electron chi connectivity index (χ4n) is 4.00. The highest BCUT2D eigenvalue weighted by Gasteiger charge is 2.27. The smallest absolute Gasteiger partial charge is 0.0688 e. The Labute approximate surface area is 171 Å². The molecule has 0 saturated heterocycles. The standard InChI is InChI=1S/C23H52N4/c1-7-13-20(10-4)25-18-16-23(24,27-22(12-6)15-9-3)17-19-26-21(11-5)14-8-2/h20-22,25-27H,7-19,24H2,1-6H3. The van der Waals surface area contributed by atoms with E-state index in [0.717, 1.165) is 32.4 Å². The first-order valence-corrected chi connectivity index (χ1v) is 12.0. The van der Waals surface area contributed by atoms with Gasteiger partial charge in [0.2, 0.25) is 0 Å². The van der Waals surface area contributed by atoms with Crippen molar-refractivity contribution in [2.24, 2.45) is 5.73 Å². The highest BCUT2D eigenvalue weighted by atomic mass is 15.1. The quantitative estimate of drug-likeness (QED) is 0.239. The van der Waals surface area contributed by atoms with Gasteiger partial charge in [0.25, 0.3) is 0 Å². The van der Waals surface area contributed by atoms with Crippen LogP contribution in [0.4, 0.5) is 0 Å². The van der Waals surface area contributed by atoms with E-state index >= 15 is 0 Å². The normalized spacial score (nSPS) is 17.4. The van der Waals surface area contributed by atoms with Gasteiger partial charge in [-0.25, -0.2) is 0 Å². The molecule has 0 rings (SSSR count). The van der Waals surface area contributed by atoms with E-state index in [-0.39, 0.29) is 5.66 Å². The van der Waals surface area contributed by atoms with Gasteiger partial charge in [0.05, 0.1) is 5.66 Å². The van der Waals surface area contributed by atoms with Gasteiger partial charge in [0, 0.05) is 18.1 Å². The van der Waals surface area contributed by atoms with Gasteiger partial charge in [-0.3, -0.25) is 5.32 Å². The predicted octanol–water partition coefficient (Wildman–Crippen LogP) is 4.93. The molecule has 164 valence electrons. The van der Waals surface area contributed by atoms with E-state index < -0.39 is 0 Å². The first kappa shape index (κ1) is 26.8. The van der Waals surface area contributed by atoms with Gasteiger partial charge in [0.15, 0.2) is 0 Å². The summed E-state index contributed by atoms with van der Waals surface area (Å²) >= 11 is 0. The van der Waals surface area contributed by atoms with Gasteiger partial charge < -0.3 is 16.4 Å². The average Bonchev–Trinajstić information content (AvgIpc) is 2.66. The molecular weight excluding hydrogens is 332 g/mol. The van der Waals surface area contributed by atoms with Crippen LogP contribution < -0.4 is 21.7 Å². The van der Waals surface area contributed by atoms with Crippen LogP contribution in [0.15, 0.2) is 0 Å². The topological polar surface area (TPSA) is 62.1 Å². The Bertz CT molecular complexity index is 302. The van der Waals surface area contributed by atoms with E-state index in [0.29, 0.717) is 18.1 Å². The number of nitrogens with one attached hydrogen (secondary N) is 3. The van der Waals surface area contributed by atoms with Crippen molar-refractivity contribution in [1.29, 1.82) is 0 Å². The lowest BCUT2D eigenvalue weighted by Gasteiger charge is -2.36. The Morgan fingerprint density at radius 3 is 1.33 bits per heavy atom. The molecule has 0 fully saturated rings. The van der Waals surface area contributed by atoms with Crippen LogP contribution in [-0.4, -0.2) is 36.9 Å². The maximum absolute atomic E-state index is 6.92. The largest absolute Gasteiger partial charge is 0.314 e. The minimum absolute atomic E-state index is 0.287. The van der Waals surface area contributed by atoms with Crippen molar-refractivity contribution in [2.45, 2.75) is 136 Å². The molecule has 0 aliphatic heterocycles. The lowest BCUT2D eigenvalue weighted by atomic mass is 9.97. The Hall–Kier alpha value is -0.160. The summed E-state index contributed by atoms with van der Waals surface area (Å²) in [4.78, 5) is 0. The summed E-state index contributed by atoms with van der Waals surface area (Å²) in [5.41, 5.74) is 6.63. The minimum atomic E-state index is -0.287. The van der Waals surface area contributed by atoms with E-state index in [1.165, 1.54) is 51.4 Å². The Balaban J connectivity index is 4.72. The van der Waals surface area contributed by atoms with Crippen molar-refractivity contribution < 1.29 is 0 Å². The zero-order chi connectivity index (χ0) is 20.5. The molecule has 3 atom stereocenters. The van der Waals surface area contributed by atoms with Crippen LogP contribution in [-0.2, 0) is 0 Å². The summed E-state index contributed by atoms with van der Waals surface area (Å²) in [7, 11) is 0. The van der Waals surface area contributed by atoms with Gasteiger partial charge in [-0.2, -0.15) is 0 Å². The first-order valence-electron chi connectivity index (χ1n) is 12.0. The molecule has 3 unspecified atom stereocenters. The van der Waals surface area contributed by atoms with Crippen molar-refractivity contribution in [3.8, 4) is 0 Å². The van der Waals surface area contributed by atoms with Gasteiger partial charge in [-0.1, -0.05) is 60.8 Å². The van der Waals surface area contributed by atoms with Gasteiger partial charge >= 0.3 is 0 Å². The molecule has 0 aliphatic carbocycles. The van der Waals surface area contributed by atoms with E-state index in [2.05, 4.69) is 57.5 Å². The fraction of sp³-hybridized carbons (Fsp3) is 1.00. The number of hydrogen-bond donors (Lipinski definition) is 4. The van der Waals surface area contributed by atoms with Gasteiger partial charge in [-0.05, 0) is 64.5 Å². The third kappa shape index (κ3) is 12.8. The van der Waals surface area contributed by atoms with Crippen molar-refractivity contribution in [2.75, 3.05) is 13.1 Å². The summed E-state index contributed by atoms with van der Waals surface area (Å²) in [6.45, 7) is 15.6. The van der Waals surface area contributed by atoms with Crippen LogP contribution in [0, 0.1) is 0 Å². The van der Waals surface area contributed by atoms with E-state index in [4.69, 9.17) is 5.73 Å². The molecular formula is C23H52N4. The summed E-state index contributed by atoms with van der Waals surface area (Å²) in [5, 5.41) is 11.3. The first-order chi connectivity index (χ1) is 13.0. The maximum atomic E-state index is 6.92. The molecule has 5 N–H and O–H groups in total. The van der Waals surface area contributed by atoms with Crippen LogP contribution in [0.1, 0.15) is 112 Å². The van der Waals surface area contributed by atoms with Crippen LogP contribution >= 0.6 is 0 Å². The maximum Gasteiger partial charge on any atom is 0.0688 e. The highest BCUT2D eigenvalue weighted by molar-refractivity contribution is 4.87. The lowest BCUT2D eigenvalue weighted by Crippen LogP contribution is -2.59. The summed E-state index contributed by atoms with van der Waals surface area (Å²) in [6, 6.07) is 1.78. The predicted molar refractivity (Wildman–Crippen MR) is 122 cm³/mol. The Kier molecular flexibility index (Phi) is 16.7. The molecule has 0 bridgehead atoms. The average molecular weight is 385 g/mol. The molecule has 0 aromatic rings. The monoisotopic (exact) mass is 384 g/mol. The molecule has 0 aromatic carbocycles. The number of rotatable bonds is 19. The van der Waals surface area contributed by atoms with Crippen molar-refractivity contribution in [3.05, 3.63) is 0 Å². The third-order valence-electron chi connectivity index (χ3n) is 5.89. The second-order valence-corrected chi connectivity index (χ2v) is 8.39. The summed E-state index contributed by atoms with van der Waals surface area (Å²) in [6.07, 6.45) is 12.9. The zero-order valence-electron chi connectivity index (χ0n) is 19.5. The molecule has 0 saturated carbocycles. The fourth-order valence-corrected chi connectivity index (χ4v) is 4.00. The van der Waals surface area contributed by atoms with Crippen LogP contribution in [0.3, 0.4) is 0 Å². The summed E-state index contributed by atoms with van der Waals surface area (Å²) in [5.74, 6) is 0. The van der Waals surface area contributed by atoms with E-state index in [9.17, 15) is 0 Å². The molecule has 0 spiro atoms.